The summed E-state index contributed by atoms with van der Waals surface area (Å²) in [6, 6.07) is 0. The van der Waals surface area contributed by atoms with Crippen LogP contribution in [0.15, 0.2) is 6.20 Å². The van der Waals surface area contributed by atoms with Crippen LogP contribution < -0.4 is 10.5 Å². The SMILES string of the molecule is NC(=O)Oc1nncc(Cl)c1Cl. The van der Waals surface area contributed by atoms with Crippen LogP contribution in [0.25, 0.3) is 0 Å². The predicted octanol–water partition coefficient (Wildman–Crippen LogP) is 1.24. The maximum absolute atomic E-state index is 10.3. The maximum atomic E-state index is 10.3. The fourth-order valence-corrected chi connectivity index (χ4v) is 0.745. The first kappa shape index (κ1) is 9.02. The van der Waals surface area contributed by atoms with Crippen molar-refractivity contribution in [2.24, 2.45) is 5.73 Å². The lowest BCUT2D eigenvalue weighted by molar-refractivity contribution is 0.208. The molecule has 2 N–H and O–H groups in total. The number of amides is 1. The van der Waals surface area contributed by atoms with Crippen LogP contribution in [-0.4, -0.2) is 16.3 Å². The summed E-state index contributed by atoms with van der Waals surface area (Å²) in [5, 5.41) is 6.94. The number of nitrogens with zero attached hydrogens (tertiary/aromatic N) is 2. The van der Waals surface area contributed by atoms with Gasteiger partial charge in [0.05, 0.1) is 11.2 Å². The Hall–Kier alpha value is -1.07. The molecule has 0 unspecified atom stereocenters. The molecule has 0 saturated carbocycles. The number of halogens is 2. The quantitative estimate of drug-likeness (QED) is 0.752. The molecule has 5 nitrogen and oxygen atoms in total. The van der Waals surface area contributed by atoms with E-state index >= 15 is 0 Å². The van der Waals surface area contributed by atoms with Gasteiger partial charge in [0.15, 0.2) is 0 Å². The minimum atomic E-state index is -1.02. The summed E-state index contributed by atoms with van der Waals surface area (Å²) >= 11 is 11.1. The van der Waals surface area contributed by atoms with Crippen LogP contribution in [0, 0.1) is 0 Å². The molecule has 1 heterocycles. The maximum Gasteiger partial charge on any atom is 0.411 e. The second-order valence-electron chi connectivity index (χ2n) is 1.73. The van der Waals surface area contributed by atoms with Gasteiger partial charge in [-0.3, -0.25) is 0 Å². The van der Waals surface area contributed by atoms with Crippen molar-refractivity contribution >= 4 is 29.3 Å². The first-order chi connectivity index (χ1) is 5.61. The molecule has 0 fully saturated rings. The number of carbonyl (C=O) groups is 1. The highest BCUT2D eigenvalue weighted by molar-refractivity contribution is 6.42. The van der Waals surface area contributed by atoms with Crippen LogP contribution in [0.2, 0.25) is 10.0 Å². The third-order valence-corrected chi connectivity index (χ3v) is 1.66. The first-order valence-corrected chi connectivity index (χ1v) is 3.51. The fourth-order valence-electron chi connectivity index (χ4n) is 0.495. The van der Waals surface area contributed by atoms with Crippen LogP contribution in [0.3, 0.4) is 0 Å². The van der Waals surface area contributed by atoms with E-state index in [1.165, 1.54) is 6.20 Å². The van der Waals surface area contributed by atoms with Crippen molar-refractivity contribution in [1.82, 2.24) is 10.2 Å². The van der Waals surface area contributed by atoms with Gasteiger partial charge in [0, 0.05) is 0 Å². The molecule has 64 valence electrons. The average molecular weight is 208 g/mol. The summed E-state index contributed by atoms with van der Waals surface area (Å²) in [6.07, 6.45) is 0.200. The van der Waals surface area contributed by atoms with E-state index < -0.39 is 6.09 Å². The Kier molecular flexibility index (Phi) is 2.67. The molecule has 7 heteroatoms. The molecule has 0 saturated heterocycles. The van der Waals surface area contributed by atoms with E-state index in [1.54, 1.807) is 0 Å². The molecule has 0 aliphatic carbocycles. The summed E-state index contributed by atoms with van der Waals surface area (Å²) in [5.41, 5.74) is 4.71. The molecule has 1 amide bonds. The van der Waals surface area contributed by atoms with Crippen LogP contribution in [0.5, 0.6) is 5.88 Å². The highest BCUT2D eigenvalue weighted by Gasteiger charge is 2.10. The average Bonchev–Trinajstić information content (AvgIpc) is 1.98. The molecule has 12 heavy (non-hydrogen) atoms. The largest absolute Gasteiger partial charge is 0.411 e. The van der Waals surface area contributed by atoms with E-state index in [1.807, 2.05) is 0 Å². The van der Waals surface area contributed by atoms with E-state index in [-0.39, 0.29) is 15.9 Å². The third-order valence-electron chi connectivity index (χ3n) is 0.914. The summed E-state index contributed by atoms with van der Waals surface area (Å²) < 4.78 is 4.37. The van der Waals surface area contributed by atoms with Gasteiger partial charge in [0.2, 0.25) is 0 Å². The van der Waals surface area contributed by atoms with Gasteiger partial charge >= 0.3 is 6.09 Å². The van der Waals surface area contributed by atoms with Crippen LogP contribution in [-0.2, 0) is 0 Å². The van der Waals surface area contributed by atoms with Gasteiger partial charge in [-0.1, -0.05) is 23.2 Å². The smallest absolute Gasteiger partial charge is 0.388 e. The number of hydrogen-bond donors (Lipinski definition) is 1. The molecule has 0 atom stereocenters. The number of hydrogen-bond acceptors (Lipinski definition) is 4. The van der Waals surface area contributed by atoms with Crippen LogP contribution >= 0.6 is 23.2 Å². The van der Waals surface area contributed by atoms with E-state index in [0.717, 1.165) is 0 Å². The van der Waals surface area contributed by atoms with Gasteiger partial charge in [0.25, 0.3) is 5.88 Å². The molecule has 0 bridgehead atoms. The molecule has 1 aromatic heterocycles. The molecule has 0 aliphatic rings. The Morgan fingerprint density at radius 3 is 2.83 bits per heavy atom. The van der Waals surface area contributed by atoms with Gasteiger partial charge in [-0.05, 0) is 0 Å². The summed E-state index contributed by atoms with van der Waals surface area (Å²) in [4.78, 5) is 10.3. The van der Waals surface area contributed by atoms with Crippen molar-refractivity contribution in [3.8, 4) is 5.88 Å². The highest BCUT2D eigenvalue weighted by atomic mass is 35.5. The third kappa shape index (κ3) is 1.96. The Bertz CT molecular complexity index is 318. The zero-order valence-corrected chi connectivity index (χ0v) is 7.13. The van der Waals surface area contributed by atoms with E-state index in [0.29, 0.717) is 0 Å². The van der Waals surface area contributed by atoms with E-state index in [9.17, 15) is 4.79 Å². The number of ether oxygens (including phenoxy) is 1. The fraction of sp³-hybridized carbons (Fsp3) is 0. The minimum Gasteiger partial charge on any atom is -0.388 e. The Morgan fingerprint density at radius 2 is 2.25 bits per heavy atom. The van der Waals surface area contributed by atoms with Crippen molar-refractivity contribution in [1.29, 1.82) is 0 Å². The standard InChI is InChI=1S/C5H3Cl2N3O2/c6-2-1-9-10-4(3(2)7)12-5(8)11/h1H,(H2,8,11). The number of aromatic nitrogens is 2. The lowest BCUT2D eigenvalue weighted by Crippen LogP contribution is -2.17. The topological polar surface area (TPSA) is 78.1 Å². The van der Waals surface area contributed by atoms with Gasteiger partial charge in [-0.25, -0.2) is 4.79 Å². The molecular weight excluding hydrogens is 205 g/mol. The van der Waals surface area contributed by atoms with Gasteiger partial charge < -0.3 is 10.5 Å². The normalized spacial score (nSPS) is 9.50. The monoisotopic (exact) mass is 207 g/mol. The van der Waals surface area contributed by atoms with Crippen molar-refractivity contribution in [3.05, 3.63) is 16.2 Å². The van der Waals surface area contributed by atoms with Crippen molar-refractivity contribution < 1.29 is 9.53 Å². The number of carbonyl (C=O) groups excluding carboxylic acids is 1. The first-order valence-electron chi connectivity index (χ1n) is 2.75. The molecule has 0 spiro atoms. The van der Waals surface area contributed by atoms with Gasteiger partial charge in [-0.15, -0.1) is 5.10 Å². The summed E-state index contributed by atoms with van der Waals surface area (Å²) in [6.45, 7) is 0. The zero-order chi connectivity index (χ0) is 9.14. The van der Waals surface area contributed by atoms with E-state index in [4.69, 9.17) is 28.9 Å². The Labute approximate surface area is 77.4 Å². The highest BCUT2D eigenvalue weighted by Crippen LogP contribution is 2.27. The molecule has 0 radical (unpaired) electrons. The van der Waals surface area contributed by atoms with Crippen molar-refractivity contribution in [2.75, 3.05) is 0 Å². The summed E-state index contributed by atoms with van der Waals surface area (Å²) in [7, 11) is 0. The van der Waals surface area contributed by atoms with Crippen LogP contribution in [0.4, 0.5) is 4.79 Å². The minimum absolute atomic E-state index is 0.00506. The van der Waals surface area contributed by atoms with Crippen molar-refractivity contribution in [2.45, 2.75) is 0 Å². The molecule has 0 aromatic carbocycles. The lowest BCUT2D eigenvalue weighted by Gasteiger charge is -2.00. The van der Waals surface area contributed by atoms with Gasteiger partial charge in [-0.2, -0.15) is 5.10 Å². The summed E-state index contributed by atoms with van der Waals surface area (Å²) in [5.74, 6) is -0.198. The molecular formula is C5H3Cl2N3O2. The van der Waals surface area contributed by atoms with Gasteiger partial charge in [0.1, 0.15) is 5.02 Å². The number of primary amides is 1. The molecule has 0 aliphatic heterocycles. The number of rotatable bonds is 1. The Balaban J connectivity index is 3.00. The van der Waals surface area contributed by atoms with Crippen LogP contribution in [0.1, 0.15) is 0 Å². The Morgan fingerprint density at radius 1 is 1.58 bits per heavy atom. The zero-order valence-electron chi connectivity index (χ0n) is 5.62. The molecule has 1 aromatic rings. The lowest BCUT2D eigenvalue weighted by atomic mass is 10.5. The van der Waals surface area contributed by atoms with E-state index in [2.05, 4.69) is 14.9 Å². The second kappa shape index (κ2) is 3.55. The molecule has 1 rings (SSSR count). The van der Waals surface area contributed by atoms with Crippen molar-refractivity contribution in [3.63, 3.8) is 0 Å². The second-order valence-corrected chi connectivity index (χ2v) is 2.52. The predicted molar refractivity (Wildman–Crippen MR) is 42.3 cm³/mol. The number of nitrogens with two attached hydrogens (primary N) is 1.